The first kappa shape index (κ1) is 51.7. The molecular weight excluding hydrogens is 703 g/mol. The number of carbonyl (C=O) groups excluding carboxylic acids is 2. The molecule has 0 bridgehead atoms. The van der Waals surface area contributed by atoms with Gasteiger partial charge in [0, 0.05) is 12.8 Å². The zero-order valence-electron chi connectivity index (χ0n) is 34.1. The third-order valence-electron chi connectivity index (χ3n) is 9.25. The van der Waals surface area contributed by atoms with Crippen LogP contribution >= 0.6 is 7.82 Å². The van der Waals surface area contributed by atoms with Crippen molar-refractivity contribution in [3.63, 3.8) is 0 Å². The van der Waals surface area contributed by atoms with Gasteiger partial charge >= 0.3 is 19.8 Å². The fourth-order valence-electron chi connectivity index (χ4n) is 5.57. The van der Waals surface area contributed by atoms with Crippen molar-refractivity contribution in [2.24, 2.45) is 5.92 Å². The smallest absolute Gasteiger partial charge is 0.462 e. The van der Waals surface area contributed by atoms with Crippen LogP contribution in [0.25, 0.3) is 0 Å². The van der Waals surface area contributed by atoms with Crippen LogP contribution in [0, 0.1) is 5.92 Å². The van der Waals surface area contributed by atoms with E-state index < -0.39 is 32.5 Å². The van der Waals surface area contributed by atoms with Crippen LogP contribution in [-0.2, 0) is 28.2 Å². The standard InChI is InChI=1S/C44H77O9P/c1-4-40(3)34-30-26-22-18-14-10-6-8-13-17-21-25-29-33-37-44(47)53-42(39-52-54(48,49)50)38-51-43(46)36-32-28-24-20-16-12-9-7-11-15-19-23-27-31-35-41(45)5-2/h9,11-12,15,20,23-24,27,31,35,40-42,45H,4-8,10,13-14,16-19,21-22,25-26,28-30,32-34,36-39H2,1-3H3,(H2,48,49,50)/b12-9-,15-11-,24-20-,27-23-,35-31+/t40?,41-,42+/m0/s1. The summed E-state index contributed by atoms with van der Waals surface area (Å²) in [6.07, 6.45) is 43.2. The number of esters is 2. The highest BCUT2D eigenvalue weighted by molar-refractivity contribution is 7.46. The van der Waals surface area contributed by atoms with E-state index in [9.17, 15) is 19.3 Å². The van der Waals surface area contributed by atoms with Gasteiger partial charge in [0.15, 0.2) is 6.10 Å². The van der Waals surface area contributed by atoms with E-state index in [1.807, 2.05) is 37.3 Å². The molecule has 0 aromatic rings. The molecule has 312 valence electrons. The molecule has 0 aliphatic rings. The maximum atomic E-state index is 12.4. The predicted octanol–water partition coefficient (Wildman–Crippen LogP) is 11.7. The number of aliphatic hydroxyl groups excluding tert-OH is 1. The van der Waals surface area contributed by atoms with Crippen molar-refractivity contribution < 1.29 is 43.0 Å². The lowest BCUT2D eigenvalue weighted by Crippen LogP contribution is -2.29. The van der Waals surface area contributed by atoms with Gasteiger partial charge in [0.05, 0.1) is 12.7 Å². The lowest BCUT2D eigenvalue weighted by atomic mass is 9.99. The molecule has 0 aliphatic carbocycles. The second-order valence-electron chi connectivity index (χ2n) is 14.4. The van der Waals surface area contributed by atoms with Gasteiger partial charge in [-0.25, -0.2) is 4.57 Å². The van der Waals surface area contributed by atoms with E-state index in [1.165, 1.54) is 77.0 Å². The van der Waals surface area contributed by atoms with Crippen LogP contribution in [0.2, 0.25) is 0 Å². The average molecular weight is 781 g/mol. The van der Waals surface area contributed by atoms with Crippen LogP contribution in [0.15, 0.2) is 60.8 Å². The average Bonchev–Trinajstić information content (AvgIpc) is 3.14. The van der Waals surface area contributed by atoms with E-state index in [-0.39, 0.29) is 25.6 Å². The summed E-state index contributed by atoms with van der Waals surface area (Å²) in [5.41, 5.74) is 0. The van der Waals surface area contributed by atoms with Gasteiger partial charge in [-0.2, -0.15) is 0 Å². The van der Waals surface area contributed by atoms with E-state index in [2.05, 4.69) is 42.7 Å². The molecule has 1 unspecified atom stereocenters. The molecule has 0 saturated carbocycles. The fourth-order valence-corrected chi connectivity index (χ4v) is 5.93. The van der Waals surface area contributed by atoms with Crippen LogP contribution in [-0.4, -0.2) is 52.3 Å². The SMILES string of the molecule is CCC(C)CCCCCCCCCCCCCCCCC(=O)O[C@H](COC(=O)CCC/C=C\C/C=C\C/C=C\C/C=C\C=C\[C@@H](O)CC)COP(=O)(O)O. The first-order valence-corrected chi connectivity index (χ1v) is 22.6. The summed E-state index contributed by atoms with van der Waals surface area (Å²) in [6.45, 7) is 5.68. The van der Waals surface area contributed by atoms with Gasteiger partial charge in [0.25, 0.3) is 0 Å². The summed E-state index contributed by atoms with van der Waals surface area (Å²) in [5.74, 6) is -0.0972. The number of hydrogen-bond acceptors (Lipinski definition) is 7. The Morgan fingerprint density at radius 1 is 0.611 bits per heavy atom. The number of hydrogen-bond donors (Lipinski definition) is 3. The van der Waals surface area contributed by atoms with Gasteiger partial charge in [0.1, 0.15) is 6.61 Å². The highest BCUT2D eigenvalue weighted by Crippen LogP contribution is 2.36. The molecule has 3 N–H and O–H groups in total. The van der Waals surface area contributed by atoms with Crippen molar-refractivity contribution in [1.82, 2.24) is 0 Å². The summed E-state index contributed by atoms with van der Waals surface area (Å²) in [6, 6.07) is 0. The maximum absolute atomic E-state index is 12.4. The van der Waals surface area contributed by atoms with Crippen molar-refractivity contribution in [3.8, 4) is 0 Å². The molecule has 0 aromatic carbocycles. The summed E-state index contributed by atoms with van der Waals surface area (Å²) >= 11 is 0. The zero-order valence-corrected chi connectivity index (χ0v) is 35.0. The number of carbonyl (C=O) groups is 2. The van der Waals surface area contributed by atoms with Crippen molar-refractivity contribution in [2.75, 3.05) is 13.2 Å². The number of aliphatic hydroxyl groups is 1. The second-order valence-corrected chi connectivity index (χ2v) is 15.6. The highest BCUT2D eigenvalue weighted by atomic mass is 31.2. The quantitative estimate of drug-likeness (QED) is 0.0185. The van der Waals surface area contributed by atoms with Gasteiger partial charge in [-0.3, -0.25) is 14.1 Å². The van der Waals surface area contributed by atoms with E-state index >= 15 is 0 Å². The Labute approximate surface area is 329 Å². The Morgan fingerprint density at radius 2 is 1.11 bits per heavy atom. The minimum atomic E-state index is -4.78. The number of ether oxygens (including phenoxy) is 2. The van der Waals surface area contributed by atoms with E-state index in [4.69, 9.17) is 19.3 Å². The van der Waals surface area contributed by atoms with Gasteiger partial charge in [-0.1, -0.05) is 178 Å². The lowest BCUT2D eigenvalue weighted by molar-refractivity contribution is -0.161. The molecule has 0 saturated heterocycles. The number of allylic oxidation sites excluding steroid dienone is 9. The van der Waals surface area contributed by atoms with Gasteiger partial charge in [-0.05, 0) is 50.9 Å². The monoisotopic (exact) mass is 781 g/mol. The van der Waals surface area contributed by atoms with Gasteiger partial charge < -0.3 is 24.4 Å². The van der Waals surface area contributed by atoms with Gasteiger partial charge in [-0.15, -0.1) is 0 Å². The number of phosphoric ester groups is 1. The molecule has 0 aromatic heterocycles. The van der Waals surface area contributed by atoms with E-state index in [1.54, 1.807) is 6.08 Å². The van der Waals surface area contributed by atoms with Crippen molar-refractivity contribution in [3.05, 3.63) is 60.8 Å². The maximum Gasteiger partial charge on any atom is 0.469 e. The van der Waals surface area contributed by atoms with Crippen molar-refractivity contribution in [2.45, 2.75) is 187 Å². The molecule has 0 radical (unpaired) electrons. The summed E-state index contributed by atoms with van der Waals surface area (Å²) < 4.78 is 26.3. The van der Waals surface area contributed by atoms with Crippen LogP contribution in [0.3, 0.4) is 0 Å². The van der Waals surface area contributed by atoms with E-state index in [0.717, 1.165) is 44.4 Å². The minimum Gasteiger partial charge on any atom is -0.462 e. The Balaban J connectivity index is 4.03. The predicted molar refractivity (Wildman–Crippen MR) is 222 cm³/mol. The topological polar surface area (TPSA) is 140 Å². The van der Waals surface area contributed by atoms with Gasteiger partial charge in [0.2, 0.25) is 0 Å². The number of rotatable bonds is 37. The molecule has 0 aliphatic heterocycles. The zero-order chi connectivity index (χ0) is 40.0. The Hall–Kier alpha value is -2.29. The molecule has 0 fully saturated rings. The Kier molecular flexibility index (Phi) is 36.0. The van der Waals surface area contributed by atoms with Crippen LogP contribution in [0.5, 0.6) is 0 Å². The molecule has 10 heteroatoms. The molecule has 9 nitrogen and oxygen atoms in total. The van der Waals surface area contributed by atoms with Crippen LogP contribution in [0.1, 0.15) is 175 Å². The molecule has 54 heavy (non-hydrogen) atoms. The van der Waals surface area contributed by atoms with E-state index in [0.29, 0.717) is 25.7 Å². The summed E-state index contributed by atoms with van der Waals surface area (Å²) in [5, 5.41) is 9.45. The van der Waals surface area contributed by atoms with Crippen LogP contribution < -0.4 is 0 Å². The van der Waals surface area contributed by atoms with Crippen LogP contribution in [0.4, 0.5) is 0 Å². The largest absolute Gasteiger partial charge is 0.469 e. The Morgan fingerprint density at radius 3 is 1.65 bits per heavy atom. The minimum absolute atomic E-state index is 0.174. The summed E-state index contributed by atoms with van der Waals surface area (Å²) in [7, 11) is -4.78. The molecule has 0 spiro atoms. The fraction of sp³-hybridized carbons (Fsp3) is 0.727. The lowest BCUT2D eigenvalue weighted by Gasteiger charge is -2.18. The third-order valence-corrected chi connectivity index (χ3v) is 9.73. The molecule has 0 rings (SSSR count). The summed E-state index contributed by atoms with van der Waals surface area (Å²) in [4.78, 5) is 42.8. The van der Waals surface area contributed by atoms with Crippen molar-refractivity contribution >= 4 is 19.8 Å². The first-order valence-electron chi connectivity index (χ1n) is 21.1. The Bertz CT molecular complexity index is 1090. The molecule has 0 heterocycles. The second kappa shape index (κ2) is 37.6. The van der Waals surface area contributed by atoms with Crippen molar-refractivity contribution in [1.29, 1.82) is 0 Å². The highest BCUT2D eigenvalue weighted by Gasteiger charge is 2.22. The number of phosphoric acid groups is 1. The third kappa shape index (κ3) is 39.4. The normalized spacial score (nSPS) is 14.3. The number of unbranched alkanes of at least 4 members (excludes halogenated alkanes) is 14. The molecular formula is C44H77O9P. The molecule has 0 amide bonds. The molecule has 3 atom stereocenters. The first-order chi connectivity index (χ1) is 26.1.